The average molecular weight is 261 g/mol. The van der Waals surface area contributed by atoms with Crippen LogP contribution in [0.15, 0.2) is 11.8 Å². The number of fused-ring (bicyclic) bond motifs is 2. The summed E-state index contributed by atoms with van der Waals surface area (Å²) >= 11 is 0. The van der Waals surface area contributed by atoms with Crippen LogP contribution in [-0.2, 0) is 4.79 Å². The van der Waals surface area contributed by atoms with Crippen molar-refractivity contribution in [2.45, 2.75) is 71.8 Å². The molecule has 3 rings (SSSR count). The van der Waals surface area contributed by atoms with Crippen LogP contribution < -0.4 is 0 Å². The highest BCUT2D eigenvalue weighted by molar-refractivity contribution is 5.95. The van der Waals surface area contributed by atoms with Crippen molar-refractivity contribution in [2.24, 2.45) is 10.8 Å². The first kappa shape index (κ1) is 13.2. The van der Waals surface area contributed by atoms with Crippen molar-refractivity contribution in [2.75, 3.05) is 6.54 Å². The van der Waals surface area contributed by atoms with Gasteiger partial charge in [0.05, 0.1) is 0 Å². The number of allylic oxidation sites excluding steroid dienone is 1. The molecular weight excluding hydrogens is 234 g/mol. The van der Waals surface area contributed by atoms with Gasteiger partial charge in [0.2, 0.25) is 0 Å². The summed E-state index contributed by atoms with van der Waals surface area (Å²) in [5.74, 6) is 0.400. The molecule has 0 aromatic carbocycles. The van der Waals surface area contributed by atoms with E-state index in [1.807, 2.05) is 0 Å². The highest BCUT2D eigenvalue weighted by Crippen LogP contribution is 2.52. The summed E-state index contributed by atoms with van der Waals surface area (Å²) in [6.45, 7) is 8.39. The van der Waals surface area contributed by atoms with E-state index in [9.17, 15) is 4.79 Å². The van der Waals surface area contributed by atoms with Gasteiger partial charge in [-0.25, -0.2) is 0 Å². The van der Waals surface area contributed by atoms with E-state index in [2.05, 4.69) is 31.9 Å². The third kappa shape index (κ3) is 2.59. The van der Waals surface area contributed by atoms with E-state index in [4.69, 9.17) is 0 Å². The lowest BCUT2D eigenvalue weighted by molar-refractivity contribution is -0.116. The fraction of sp³-hybridized carbons (Fsp3) is 0.824. The second kappa shape index (κ2) is 4.36. The first-order chi connectivity index (χ1) is 8.87. The number of hydrogen-bond donors (Lipinski definition) is 0. The van der Waals surface area contributed by atoms with Crippen molar-refractivity contribution >= 4 is 5.78 Å². The quantitative estimate of drug-likeness (QED) is 0.667. The largest absolute Gasteiger partial charge is 0.373 e. The maximum Gasteiger partial charge on any atom is 0.160 e. The van der Waals surface area contributed by atoms with Gasteiger partial charge in [0.25, 0.3) is 0 Å². The zero-order valence-corrected chi connectivity index (χ0v) is 12.7. The number of Topliss-reactive ketones (excluding diaryl/α,β-unsaturated/α-hetero) is 1. The molecule has 3 fully saturated rings. The predicted molar refractivity (Wildman–Crippen MR) is 77.8 cm³/mol. The fourth-order valence-electron chi connectivity index (χ4n) is 4.89. The molecule has 0 aromatic rings. The topological polar surface area (TPSA) is 20.3 Å². The molecule has 2 heteroatoms. The smallest absolute Gasteiger partial charge is 0.160 e. The second-order valence-corrected chi connectivity index (χ2v) is 8.17. The summed E-state index contributed by atoms with van der Waals surface area (Å²) in [7, 11) is 0. The maximum absolute atomic E-state index is 12.0. The van der Waals surface area contributed by atoms with E-state index in [0.717, 1.165) is 31.4 Å². The second-order valence-electron chi connectivity index (χ2n) is 8.17. The molecule has 0 aromatic heterocycles. The summed E-state index contributed by atoms with van der Waals surface area (Å²) in [4.78, 5) is 14.5. The molecule has 1 aliphatic heterocycles. The summed E-state index contributed by atoms with van der Waals surface area (Å²) in [6, 6.07) is 0.663. The predicted octanol–water partition coefficient (Wildman–Crippen LogP) is 3.91. The number of nitrogens with zero attached hydrogens (tertiary/aromatic N) is 1. The summed E-state index contributed by atoms with van der Waals surface area (Å²) < 4.78 is 0. The summed E-state index contributed by atoms with van der Waals surface area (Å²) in [5, 5.41) is 0. The van der Waals surface area contributed by atoms with Gasteiger partial charge in [-0.15, -0.1) is 0 Å². The lowest BCUT2D eigenvalue weighted by atomic mass is 9.65. The van der Waals surface area contributed by atoms with Crippen LogP contribution in [0.3, 0.4) is 0 Å². The number of likely N-dealkylation sites (tertiary alicyclic amines) is 1. The van der Waals surface area contributed by atoms with Gasteiger partial charge in [-0.2, -0.15) is 0 Å². The van der Waals surface area contributed by atoms with E-state index in [1.165, 1.54) is 25.7 Å². The Morgan fingerprint density at radius 3 is 2.63 bits per heavy atom. The van der Waals surface area contributed by atoms with Crippen molar-refractivity contribution in [3.05, 3.63) is 11.8 Å². The van der Waals surface area contributed by atoms with E-state index in [1.54, 1.807) is 0 Å². The molecule has 3 aliphatic rings. The molecule has 2 atom stereocenters. The fourth-order valence-corrected chi connectivity index (χ4v) is 4.89. The third-order valence-electron chi connectivity index (χ3n) is 5.24. The van der Waals surface area contributed by atoms with E-state index < -0.39 is 0 Å². The number of carbonyl (C=O) groups is 1. The van der Waals surface area contributed by atoms with Gasteiger partial charge in [0.1, 0.15) is 0 Å². The molecule has 1 heterocycles. The zero-order chi connectivity index (χ0) is 13.7. The van der Waals surface area contributed by atoms with Crippen molar-refractivity contribution in [3.8, 4) is 0 Å². The average Bonchev–Trinajstić information content (AvgIpc) is 2.51. The van der Waals surface area contributed by atoms with Gasteiger partial charge in [0.15, 0.2) is 5.78 Å². The first-order valence-corrected chi connectivity index (χ1v) is 7.87. The minimum Gasteiger partial charge on any atom is -0.373 e. The molecule has 2 saturated carbocycles. The van der Waals surface area contributed by atoms with E-state index >= 15 is 0 Å². The molecule has 1 saturated heterocycles. The molecule has 0 N–H and O–H groups in total. The van der Waals surface area contributed by atoms with Crippen LogP contribution in [0.25, 0.3) is 0 Å². The zero-order valence-electron chi connectivity index (χ0n) is 12.7. The van der Waals surface area contributed by atoms with Gasteiger partial charge in [-0.1, -0.05) is 20.8 Å². The lowest BCUT2D eigenvalue weighted by Gasteiger charge is -2.39. The Balaban J connectivity index is 1.80. The Morgan fingerprint density at radius 1 is 1.16 bits per heavy atom. The molecule has 2 aliphatic carbocycles. The Bertz CT molecular complexity index is 423. The maximum atomic E-state index is 12.0. The van der Waals surface area contributed by atoms with Crippen LogP contribution in [0.2, 0.25) is 0 Å². The molecule has 0 spiro atoms. The van der Waals surface area contributed by atoms with E-state index in [0.29, 0.717) is 22.7 Å². The number of rotatable bonds is 1. The van der Waals surface area contributed by atoms with Crippen LogP contribution in [0, 0.1) is 10.8 Å². The minimum absolute atomic E-state index is 0.400. The van der Waals surface area contributed by atoms with Crippen LogP contribution in [-0.4, -0.2) is 23.3 Å². The number of hydrogen-bond acceptors (Lipinski definition) is 2. The third-order valence-corrected chi connectivity index (χ3v) is 5.24. The van der Waals surface area contributed by atoms with Crippen LogP contribution in [0.1, 0.15) is 65.7 Å². The molecule has 106 valence electrons. The minimum atomic E-state index is 0.400. The summed E-state index contributed by atoms with van der Waals surface area (Å²) in [5.41, 5.74) is 2.02. The normalized spacial score (nSPS) is 39.9. The van der Waals surface area contributed by atoms with E-state index in [-0.39, 0.29) is 0 Å². The van der Waals surface area contributed by atoms with Gasteiger partial charge in [-0.3, -0.25) is 4.79 Å². The Kier molecular flexibility index (Phi) is 3.03. The number of carbonyl (C=O) groups excluding carboxylic acids is 1. The first-order valence-electron chi connectivity index (χ1n) is 7.87. The van der Waals surface area contributed by atoms with Gasteiger partial charge in [0, 0.05) is 30.8 Å². The highest BCUT2D eigenvalue weighted by atomic mass is 16.1. The molecular formula is C17H27NO. The summed E-state index contributed by atoms with van der Waals surface area (Å²) in [6.07, 6.45) is 10.2. The Labute approximate surface area is 117 Å². The van der Waals surface area contributed by atoms with Gasteiger partial charge in [-0.05, 0) is 49.4 Å². The number of ketones is 1. The SMILES string of the molecule is CC1(C)C[C@H]2C[C@](C)(CN2C=C2CCCCC2=O)C1. The van der Waals surface area contributed by atoms with Crippen molar-refractivity contribution in [1.29, 1.82) is 0 Å². The molecule has 0 radical (unpaired) electrons. The molecule has 0 amide bonds. The molecule has 19 heavy (non-hydrogen) atoms. The van der Waals surface area contributed by atoms with Crippen molar-refractivity contribution in [3.63, 3.8) is 0 Å². The van der Waals surface area contributed by atoms with Crippen molar-refractivity contribution < 1.29 is 4.79 Å². The lowest BCUT2D eigenvalue weighted by Crippen LogP contribution is -2.33. The Morgan fingerprint density at radius 2 is 1.89 bits per heavy atom. The Hall–Kier alpha value is -0.790. The van der Waals surface area contributed by atoms with Gasteiger partial charge >= 0.3 is 0 Å². The standard InChI is InChI=1S/C17H27NO/c1-16(2)8-14-9-17(3,11-16)12-18(14)10-13-6-4-5-7-15(13)19/h10,14H,4-9,11-12H2,1-3H3/t14-,17-/m0/s1. The van der Waals surface area contributed by atoms with Crippen LogP contribution in [0.5, 0.6) is 0 Å². The van der Waals surface area contributed by atoms with Crippen LogP contribution in [0.4, 0.5) is 0 Å². The van der Waals surface area contributed by atoms with Crippen molar-refractivity contribution in [1.82, 2.24) is 4.90 Å². The monoisotopic (exact) mass is 261 g/mol. The molecule has 0 unspecified atom stereocenters. The highest BCUT2D eigenvalue weighted by Gasteiger charge is 2.48. The molecule has 2 nitrogen and oxygen atoms in total. The molecule has 2 bridgehead atoms. The van der Waals surface area contributed by atoms with Gasteiger partial charge < -0.3 is 4.90 Å². The van der Waals surface area contributed by atoms with Crippen LogP contribution >= 0.6 is 0 Å².